The molecule has 0 spiro atoms. The molecule has 0 amide bonds. The lowest BCUT2D eigenvalue weighted by Gasteiger charge is -2.36. The molecular formula is C15H23NO2. The summed E-state index contributed by atoms with van der Waals surface area (Å²) in [6.45, 7) is 8.37. The summed E-state index contributed by atoms with van der Waals surface area (Å²) in [6.07, 6.45) is 0.932. The standard InChI is InChI=1S/C15H23NO2/c1-14(2,3)12-5-7-13(8-6-12)15(11-16)17-9-4-10-18-15/h5-8H,4,9-11,16H2,1-3H3. The molecule has 0 aromatic heterocycles. The van der Waals surface area contributed by atoms with Crippen LogP contribution in [0.5, 0.6) is 0 Å². The van der Waals surface area contributed by atoms with Gasteiger partial charge in [-0.25, -0.2) is 0 Å². The van der Waals surface area contributed by atoms with Crippen LogP contribution in [0.4, 0.5) is 0 Å². The number of rotatable bonds is 2. The van der Waals surface area contributed by atoms with Crippen molar-refractivity contribution in [2.45, 2.75) is 38.4 Å². The van der Waals surface area contributed by atoms with Gasteiger partial charge >= 0.3 is 0 Å². The van der Waals surface area contributed by atoms with Gasteiger partial charge in [-0.3, -0.25) is 0 Å². The Hall–Kier alpha value is -0.900. The molecule has 2 rings (SSSR count). The Morgan fingerprint density at radius 3 is 2.11 bits per heavy atom. The third-order valence-corrected chi connectivity index (χ3v) is 3.42. The van der Waals surface area contributed by atoms with Gasteiger partial charge in [0.25, 0.3) is 0 Å². The molecule has 0 radical (unpaired) electrons. The van der Waals surface area contributed by atoms with E-state index in [-0.39, 0.29) is 5.41 Å². The predicted molar refractivity (Wildman–Crippen MR) is 72.4 cm³/mol. The van der Waals surface area contributed by atoms with Crippen LogP contribution in [0.3, 0.4) is 0 Å². The number of hydrogen-bond acceptors (Lipinski definition) is 3. The van der Waals surface area contributed by atoms with Gasteiger partial charge in [0.15, 0.2) is 0 Å². The number of benzene rings is 1. The maximum atomic E-state index is 5.84. The lowest BCUT2D eigenvalue weighted by atomic mass is 9.86. The molecule has 1 fully saturated rings. The first-order chi connectivity index (χ1) is 8.48. The van der Waals surface area contributed by atoms with E-state index in [1.54, 1.807) is 0 Å². The summed E-state index contributed by atoms with van der Waals surface area (Å²) in [5, 5.41) is 0. The topological polar surface area (TPSA) is 44.5 Å². The van der Waals surface area contributed by atoms with E-state index in [1.807, 2.05) is 0 Å². The van der Waals surface area contributed by atoms with Crippen molar-refractivity contribution in [1.82, 2.24) is 0 Å². The van der Waals surface area contributed by atoms with Gasteiger partial charge in [-0.1, -0.05) is 45.0 Å². The third kappa shape index (κ3) is 2.58. The molecule has 3 heteroatoms. The second kappa shape index (κ2) is 5.00. The van der Waals surface area contributed by atoms with Crippen LogP contribution >= 0.6 is 0 Å². The van der Waals surface area contributed by atoms with E-state index in [1.165, 1.54) is 5.56 Å². The second-order valence-corrected chi connectivity index (χ2v) is 5.83. The molecule has 0 bridgehead atoms. The van der Waals surface area contributed by atoms with Crippen LogP contribution in [0, 0.1) is 0 Å². The van der Waals surface area contributed by atoms with E-state index >= 15 is 0 Å². The average molecular weight is 249 g/mol. The summed E-state index contributed by atoms with van der Waals surface area (Å²) in [6, 6.07) is 8.40. The highest BCUT2D eigenvalue weighted by Crippen LogP contribution is 2.31. The van der Waals surface area contributed by atoms with Gasteiger partial charge in [-0.2, -0.15) is 0 Å². The minimum Gasteiger partial charge on any atom is -0.345 e. The molecule has 1 heterocycles. The Morgan fingerprint density at radius 2 is 1.67 bits per heavy atom. The van der Waals surface area contributed by atoms with Crippen LogP contribution in [0.15, 0.2) is 24.3 Å². The fraction of sp³-hybridized carbons (Fsp3) is 0.600. The summed E-state index contributed by atoms with van der Waals surface area (Å²) < 4.78 is 11.6. The summed E-state index contributed by atoms with van der Waals surface area (Å²) in [5.74, 6) is -0.741. The van der Waals surface area contributed by atoms with Gasteiger partial charge < -0.3 is 15.2 Å². The Kier molecular flexibility index (Phi) is 3.76. The van der Waals surface area contributed by atoms with Gasteiger partial charge in [0, 0.05) is 5.56 Å². The molecule has 3 nitrogen and oxygen atoms in total. The van der Waals surface area contributed by atoms with Crippen molar-refractivity contribution in [2.24, 2.45) is 5.73 Å². The number of ether oxygens (including phenoxy) is 2. The van der Waals surface area contributed by atoms with Crippen molar-refractivity contribution in [3.63, 3.8) is 0 Å². The van der Waals surface area contributed by atoms with Crippen LogP contribution in [0.25, 0.3) is 0 Å². The van der Waals surface area contributed by atoms with Gasteiger partial charge in [0.2, 0.25) is 5.79 Å². The molecule has 100 valence electrons. The van der Waals surface area contributed by atoms with Crippen molar-refractivity contribution >= 4 is 0 Å². The molecule has 0 aliphatic carbocycles. The number of nitrogens with two attached hydrogens (primary N) is 1. The van der Waals surface area contributed by atoms with E-state index < -0.39 is 5.79 Å². The number of hydrogen-bond donors (Lipinski definition) is 1. The molecule has 0 atom stereocenters. The van der Waals surface area contributed by atoms with Crippen molar-refractivity contribution < 1.29 is 9.47 Å². The second-order valence-electron chi connectivity index (χ2n) is 5.83. The largest absolute Gasteiger partial charge is 0.345 e. The van der Waals surface area contributed by atoms with E-state index in [0.717, 1.165) is 12.0 Å². The minimum absolute atomic E-state index is 0.155. The van der Waals surface area contributed by atoms with E-state index in [4.69, 9.17) is 15.2 Å². The van der Waals surface area contributed by atoms with Crippen LogP contribution in [-0.2, 0) is 20.7 Å². The zero-order chi connectivity index (χ0) is 13.2. The Morgan fingerprint density at radius 1 is 1.11 bits per heavy atom. The molecule has 1 aliphatic rings. The van der Waals surface area contributed by atoms with Crippen molar-refractivity contribution in [3.8, 4) is 0 Å². The first-order valence-corrected chi connectivity index (χ1v) is 6.57. The zero-order valence-corrected chi connectivity index (χ0v) is 11.5. The Balaban J connectivity index is 2.27. The van der Waals surface area contributed by atoms with Crippen LogP contribution in [-0.4, -0.2) is 19.8 Å². The molecule has 1 aromatic carbocycles. The fourth-order valence-corrected chi connectivity index (χ4v) is 2.20. The summed E-state index contributed by atoms with van der Waals surface area (Å²) >= 11 is 0. The third-order valence-electron chi connectivity index (χ3n) is 3.42. The minimum atomic E-state index is -0.741. The molecule has 0 saturated carbocycles. The highest BCUT2D eigenvalue weighted by atomic mass is 16.7. The van der Waals surface area contributed by atoms with E-state index in [2.05, 4.69) is 45.0 Å². The SMILES string of the molecule is CC(C)(C)c1ccc(C2(CN)OCCCO2)cc1. The van der Waals surface area contributed by atoms with Crippen LogP contribution in [0.1, 0.15) is 38.3 Å². The molecular weight excluding hydrogens is 226 g/mol. The predicted octanol–water partition coefficient (Wildman–Crippen LogP) is 2.53. The lowest BCUT2D eigenvalue weighted by Crippen LogP contribution is -2.44. The summed E-state index contributed by atoms with van der Waals surface area (Å²) in [4.78, 5) is 0. The summed E-state index contributed by atoms with van der Waals surface area (Å²) in [5.41, 5.74) is 8.31. The van der Waals surface area contributed by atoms with Crippen molar-refractivity contribution in [2.75, 3.05) is 19.8 Å². The van der Waals surface area contributed by atoms with Gasteiger partial charge in [-0.15, -0.1) is 0 Å². The van der Waals surface area contributed by atoms with Crippen molar-refractivity contribution in [3.05, 3.63) is 35.4 Å². The van der Waals surface area contributed by atoms with Crippen LogP contribution in [0.2, 0.25) is 0 Å². The lowest BCUT2D eigenvalue weighted by molar-refractivity contribution is -0.269. The fourth-order valence-electron chi connectivity index (χ4n) is 2.20. The van der Waals surface area contributed by atoms with Crippen molar-refractivity contribution in [1.29, 1.82) is 0 Å². The van der Waals surface area contributed by atoms with E-state index in [0.29, 0.717) is 19.8 Å². The van der Waals surface area contributed by atoms with Gasteiger partial charge in [-0.05, 0) is 17.4 Å². The maximum absolute atomic E-state index is 5.84. The Labute approximate surface area is 109 Å². The monoisotopic (exact) mass is 249 g/mol. The quantitative estimate of drug-likeness (QED) is 0.876. The summed E-state index contributed by atoms with van der Waals surface area (Å²) in [7, 11) is 0. The van der Waals surface area contributed by atoms with Crippen LogP contribution < -0.4 is 5.73 Å². The zero-order valence-electron chi connectivity index (χ0n) is 11.5. The molecule has 0 unspecified atom stereocenters. The smallest absolute Gasteiger partial charge is 0.207 e. The molecule has 2 N–H and O–H groups in total. The van der Waals surface area contributed by atoms with Gasteiger partial charge in [0.1, 0.15) is 0 Å². The van der Waals surface area contributed by atoms with E-state index in [9.17, 15) is 0 Å². The first-order valence-electron chi connectivity index (χ1n) is 6.57. The first kappa shape index (κ1) is 13.5. The molecule has 1 aliphatic heterocycles. The Bertz CT molecular complexity index is 386. The molecule has 18 heavy (non-hydrogen) atoms. The molecule has 1 aromatic rings. The normalized spacial score (nSPS) is 19.8. The average Bonchev–Trinajstić information content (AvgIpc) is 2.39. The molecule has 1 saturated heterocycles. The highest BCUT2D eigenvalue weighted by Gasteiger charge is 2.35. The maximum Gasteiger partial charge on any atom is 0.207 e. The van der Waals surface area contributed by atoms with Gasteiger partial charge in [0.05, 0.1) is 19.8 Å². The highest BCUT2D eigenvalue weighted by molar-refractivity contribution is 5.30.